The Kier molecular flexibility index (Phi) is 6.28. The summed E-state index contributed by atoms with van der Waals surface area (Å²) >= 11 is 0. The standard InChI is InChI=1S/C20H30N6O2/c1-6-8-15-12-16(23-28-15)20(27)26-10-7-9-17(26)19-21-14(13-24(2)3)11-18(22-19)25(4)5/h11-12,17H,6-10,13H2,1-5H3. The molecular weight excluding hydrogens is 356 g/mol. The van der Waals surface area contributed by atoms with E-state index >= 15 is 0 Å². The maximum absolute atomic E-state index is 13.1. The summed E-state index contributed by atoms with van der Waals surface area (Å²) in [6, 6.07) is 3.62. The Balaban J connectivity index is 1.88. The van der Waals surface area contributed by atoms with E-state index in [9.17, 15) is 4.79 Å². The third-order valence-corrected chi connectivity index (χ3v) is 4.81. The zero-order valence-electron chi connectivity index (χ0n) is 17.5. The Bertz CT molecular complexity index is 817. The monoisotopic (exact) mass is 386 g/mol. The second-order valence-corrected chi connectivity index (χ2v) is 7.79. The summed E-state index contributed by atoms with van der Waals surface area (Å²) in [5.74, 6) is 2.20. The second kappa shape index (κ2) is 8.68. The Hall–Kier alpha value is -2.48. The van der Waals surface area contributed by atoms with Crippen molar-refractivity contribution in [3.05, 3.63) is 35.1 Å². The van der Waals surface area contributed by atoms with Crippen molar-refractivity contribution in [3.63, 3.8) is 0 Å². The molecule has 0 bridgehead atoms. The molecule has 2 aromatic rings. The van der Waals surface area contributed by atoms with Crippen LogP contribution in [0, 0.1) is 0 Å². The third-order valence-electron chi connectivity index (χ3n) is 4.81. The molecule has 152 valence electrons. The highest BCUT2D eigenvalue weighted by Crippen LogP contribution is 2.32. The van der Waals surface area contributed by atoms with Gasteiger partial charge < -0.3 is 19.2 Å². The number of likely N-dealkylation sites (tertiary alicyclic amines) is 1. The first-order chi connectivity index (χ1) is 13.4. The minimum Gasteiger partial charge on any atom is -0.363 e. The molecule has 8 nitrogen and oxygen atoms in total. The maximum Gasteiger partial charge on any atom is 0.276 e. The molecule has 3 heterocycles. The molecule has 0 saturated carbocycles. The molecule has 1 aliphatic heterocycles. The number of nitrogens with zero attached hydrogens (tertiary/aromatic N) is 6. The highest BCUT2D eigenvalue weighted by atomic mass is 16.5. The Morgan fingerprint density at radius 3 is 2.71 bits per heavy atom. The van der Waals surface area contributed by atoms with Crippen molar-refractivity contribution in [1.82, 2.24) is 24.9 Å². The summed E-state index contributed by atoms with van der Waals surface area (Å²) in [7, 11) is 7.96. The van der Waals surface area contributed by atoms with Crippen LogP contribution in [0.2, 0.25) is 0 Å². The predicted molar refractivity (Wildman–Crippen MR) is 107 cm³/mol. The van der Waals surface area contributed by atoms with Gasteiger partial charge in [0, 0.05) is 45.7 Å². The van der Waals surface area contributed by atoms with Gasteiger partial charge in [0.15, 0.2) is 11.5 Å². The fourth-order valence-electron chi connectivity index (χ4n) is 3.49. The van der Waals surface area contributed by atoms with E-state index in [0.29, 0.717) is 18.1 Å². The molecule has 2 aromatic heterocycles. The molecular formula is C20H30N6O2. The molecule has 1 aliphatic rings. The Labute approximate surface area is 166 Å². The summed E-state index contributed by atoms with van der Waals surface area (Å²) in [5, 5.41) is 3.99. The number of carbonyl (C=O) groups excluding carboxylic acids is 1. The smallest absolute Gasteiger partial charge is 0.276 e. The van der Waals surface area contributed by atoms with Crippen LogP contribution < -0.4 is 4.90 Å². The van der Waals surface area contributed by atoms with Gasteiger partial charge in [0.05, 0.1) is 11.7 Å². The lowest BCUT2D eigenvalue weighted by Crippen LogP contribution is -2.32. The molecule has 1 amide bonds. The van der Waals surface area contributed by atoms with Crippen LogP contribution in [0.5, 0.6) is 0 Å². The SMILES string of the molecule is CCCc1cc(C(=O)N2CCCC2c2nc(CN(C)C)cc(N(C)C)n2)no1. The van der Waals surface area contributed by atoms with Crippen LogP contribution in [0.25, 0.3) is 0 Å². The minimum absolute atomic E-state index is 0.110. The molecule has 1 atom stereocenters. The molecule has 1 saturated heterocycles. The van der Waals surface area contributed by atoms with E-state index in [2.05, 4.69) is 17.0 Å². The predicted octanol–water partition coefficient (Wildman–Crippen LogP) is 2.52. The van der Waals surface area contributed by atoms with Crippen molar-refractivity contribution in [2.24, 2.45) is 0 Å². The van der Waals surface area contributed by atoms with Gasteiger partial charge in [-0.15, -0.1) is 0 Å². The fraction of sp³-hybridized carbons (Fsp3) is 0.600. The van der Waals surface area contributed by atoms with Crippen LogP contribution in [0.15, 0.2) is 16.7 Å². The first-order valence-corrected chi connectivity index (χ1v) is 9.85. The highest BCUT2D eigenvalue weighted by molar-refractivity contribution is 5.92. The summed E-state index contributed by atoms with van der Waals surface area (Å²) in [5.41, 5.74) is 1.32. The van der Waals surface area contributed by atoms with Gasteiger partial charge in [-0.1, -0.05) is 12.1 Å². The van der Waals surface area contributed by atoms with Crippen LogP contribution in [0.4, 0.5) is 5.82 Å². The molecule has 1 fully saturated rings. The third kappa shape index (κ3) is 4.49. The fourth-order valence-corrected chi connectivity index (χ4v) is 3.49. The average Bonchev–Trinajstić information content (AvgIpc) is 3.30. The molecule has 0 N–H and O–H groups in total. The summed E-state index contributed by atoms with van der Waals surface area (Å²) < 4.78 is 5.30. The lowest BCUT2D eigenvalue weighted by atomic mass is 10.2. The summed E-state index contributed by atoms with van der Waals surface area (Å²) in [4.78, 5) is 28.5. The molecule has 0 aliphatic carbocycles. The van der Waals surface area contributed by atoms with Crippen LogP contribution in [0.3, 0.4) is 0 Å². The van der Waals surface area contributed by atoms with Gasteiger partial charge in [-0.2, -0.15) is 0 Å². The number of carbonyl (C=O) groups is 1. The first kappa shape index (κ1) is 20.3. The molecule has 0 aromatic carbocycles. The van der Waals surface area contributed by atoms with Crippen molar-refractivity contribution in [1.29, 1.82) is 0 Å². The van der Waals surface area contributed by atoms with E-state index in [4.69, 9.17) is 14.5 Å². The molecule has 0 radical (unpaired) electrons. The van der Waals surface area contributed by atoms with E-state index in [1.54, 1.807) is 6.07 Å². The topological polar surface area (TPSA) is 78.6 Å². The quantitative estimate of drug-likeness (QED) is 0.723. The summed E-state index contributed by atoms with van der Waals surface area (Å²) in [6.45, 7) is 3.47. The van der Waals surface area contributed by atoms with E-state index in [0.717, 1.165) is 49.5 Å². The van der Waals surface area contributed by atoms with Gasteiger partial charge in [-0.05, 0) is 33.4 Å². The lowest BCUT2D eigenvalue weighted by Gasteiger charge is -2.24. The van der Waals surface area contributed by atoms with Crippen LogP contribution in [0.1, 0.15) is 60.0 Å². The van der Waals surface area contributed by atoms with E-state index in [1.165, 1.54) is 0 Å². The zero-order chi connectivity index (χ0) is 20.3. The zero-order valence-corrected chi connectivity index (χ0v) is 17.5. The molecule has 3 rings (SSSR count). The van der Waals surface area contributed by atoms with E-state index in [1.807, 2.05) is 44.1 Å². The van der Waals surface area contributed by atoms with Crippen LogP contribution in [-0.4, -0.2) is 65.6 Å². The number of rotatable bonds is 7. The van der Waals surface area contributed by atoms with Crippen molar-refractivity contribution >= 4 is 11.7 Å². The van der Waals surface area contributed by atoms with Crippen LogP contribution in [-0.2, 0) is 13.0 Å². The first-order valence-electron chi connectivity index (χ1n) is 9.85. The molecule has 0 spiro atoms. The maximum atomic E-state index is 13.1. The van der Waals surface area contributed by atoms with Gasteiger partial charge >= 0.3 is 0 Å². The van der Waals surface area contributed by atoms with Crippen molar-refractivity contribution in [2.75, 3.05) is 39.6 Å². The van der Waals surface area contributed by atoms with Crippen molar-refractivity contribution in [2.45, 2.75) is 45.2 Å². The van der Waals surface area contributed by atoms with Gasteiger partial charge in [-0.3, -0.25) is 4.79 Å². The Morgan fingerprint density at radius 1 is 1.25 bits per heavy atom. The number of hydrogen-bond donors (Lipinski definition) is 0. The number of aryl methyl sites for hydroxylation is 1. The van der Waals surface area contributed by atoms with Crippen LogP contribution >= 0.6 is 0 Å². The minimum atomic E-state index is -0.139. The van der Waals surface area contributed by atoms with Crippen molar-refractivity contribution in [3.8, 4) is 0 Å². The highest BCUT2D eigenvalue weighted by Gasteiger charge is 2.34. The second-order valence-electron chi connectivity index (χ2n) is 7.79. The van der Waals surface area contributed by atoms with E-state index in [-0.39, 0.29) is 11.9 Å². The van der Waals surface area contributed by atoms with Crippen molar-refractivity contribution < 1.29 is 9.32 Å². The largest absolute Gasteiger partial charge is 0.363 e. The molecule has 28 heavy (non-hydrogen) atoms. The lowest BCUT2D eigenvalue weighted by molar-refractivity contribution is 0.0719. The normalized spacial score (nSPS) is 16.8. The van der Waals surface area contributed by atoms with Gasteiger partial charge in [0.1, 0.15) is 11.6 Å². The molecule has 1 unspecified atom stereocenters. The number of hydrogen-bond acceptors (Lipinski definition) is 7. The number of anilines is 1. The van der Waals surface area contributed by atoms with Gasteiger partial charge in [0.25, 0.3) is 5.91 Å². The van der Waals surface area contributed by atoms with E-state index < -0.39 is 0 Å². The number of aromatic nitrogens is 3. The average molecular weight is 387 g/mol. The number of amides is 1. The van der Waals surface area contributed by atoms with Gasteiger partial charge in [-0.25, -0.2) is 9.97 Å². The Morgan fingerprint density at radius 2 is 2.04 bits per heavy atom. The summed E-state index contributed by atoms with van der Waals surface area (Å²) in [6.07, 6.45) is 3.51. The van der Waals surface area contributed by atoms with Gasteiger partial charge in [0.2, 0.25) is 0 Å². The molecule has 8 heteroatoms.